The number of ether oxygens (including phenoxy) is 2. The Morgan fingerprint density at radius 1 is 0.853 bits per heavy atom. The fourth-order valence-electron chi connectivity index (χ4n) is 6.56. The van der Waals surface area contributed by atoms with Gasteiger partial charge >= 0.3 is 6.11 Å². The van der Waals surface area contributed by atoms with Crippen LogP contribution in [-0.2, 0) is 4.74 Å². The Labute approximate surface area is 201 Å². The molecule has 2 aliphatic carbocycles. The van der Waals surface area contributed by atoms with Crippen LogP contribution in [0.1, 0.15) is 96.0 Å². The second-order valence-electron chi connectivity index (χ2n) is 11.0. The molecule has 192 valence electrons. The van der Waals surface area contributed by atoms with Crippen molar-refractivity contribution in [1.29, 1.82) is 0 Å². The molecular weight excluding hydrogens is 444 g/mol. The first-order chi connectivity index (χ1) is 16.3. The van der Waals surface area contributed by atoms with E-state index < -0.39 is 29.4 Å². The van der Waals surface area contributed by atoms with Crippen LogP contribution in [0, 0.1) is 42.2 Å². The van der Waals surface area contributed by atoms with Crippen LogP contribution in [0.15, 0.2) is 12.1 Å². The summed E-state index contributed by atoms with van der Waals surface area (Å²) in [6.45, 7) is 3.49. The highest BCUT2D eigenvalue weighted by Crippen LogP contribution is 2.47. The van der Waals surface area contributed by atoms with Crippen LogP contribution in [0.3, 0.4) is 0 Å². The molecule has 1 heterocycles. The molecule has 6 heteroatoms. The molecule has 0 aromatic heterocycles. The van der Waals surface area contributed by atoms with Crippen molar-refractivity contribution >= 4 is 0 Å². The second kappa shape index (κ2) is 11.2. The van der Waals surface area contributed by atoms with Gasteiger partial charge in [0.1, 0.15) is 17.4 Å². The average molecular weight is 485 g/mol. The van der Waals surface area contributed by atoms with Gasteiger partial charge in [-0.2, -0.15) is 8.78 Å². The maximum atomic E-state index is 14.8. The van der Waals surface area contributed by atoms with E-state index in [-0.39, 0.29) is 5.56 Å². The number of halogens is 4. The standard InChI is InChI=1S/C28H40F4O2/c1-3-4-5-23-14-15-27(33-23)21-8-6-19(7-9-21)20-10-12-22(13-11-20)28(31,32)34-24-16-25(29)18(2)26(30)17-24/h16-17,19-23,27H,3-15H2,1-2H3. The molecule has 34 heavy (non-hydrogen) atoms. The van der Waals surface area contributed by atoms with Crippen molar-refractivity contribution in [3.63, 3.8) is 0 Å². The van der Waals surface area contributed by atoms with Gasteiger partial charge in [-0.25, -0.2) is 8.78 Å². The van der Waals surface area contributed by atoms with Crippen molar-refractivity contribution < 1.29 is 27.0 Å². The topological polar surface area (TPSA) is 18.5 Å². The van der Waals surface area contributed by atoms with Gasteiger partial charge in [0, 0.05) is 17.7 Å². The van der Waals surface area contributed by atoms with Crippen LogP contribution in [0.2, 0.25) is 0 Å². The molecule has 1 saturated heterocycles. The fourth-order valence-corrected chi connectivity index (χ4v) is 6.56. The molecule has 2 saturated carbocycles. The zero-order chi connectivity index (χ0) is 24.3. The highest BCUT2D eigenvalue weighted by molar-refractivity contribution is 5.30. The lowest BCUT2D eigenvalue weighted by atomic mass is 9.68. The Kier molecular flexibility index (Phi) is 8.48. The first-order valence-electron chi connectivity index (χ1n) is 13.4. The first kappa shape index (κ1) is 25.8. The minimum Gasteiger partial charge on any atom is -0.432 e. The lowest BCUT2D eigenvalue weighted by Crippen LogP contribution is -2.38. The van der Waals surface area contributed by atoms with E-state index in [0.717, 1.165) is 25.0 Å². The molecule has 0 spiro atoms. The molecule has 0 radical (unpaired) electrons. The molecule has 1 aliphatic heterocycles. The fraction of sp³-hybridized carbons (Fsp3) is 0.786. The van der Waals surface area contributed by atoms with Gasteiger partial charge in [-0.1, -0.05) is 19.8 Å². The van der Waals surface area contributed by atoms with Gasteiger partial charge in [0.25, 0.3) is 0 Å². The number of hydrogen-bond acceptors (Lipinski definition) is 2. The summed E-state index contributed by atoms with van der Waals surface area (Å²) in [5, 5.41) is 0. The summed E-state index contributed by atoms with van der Waals surface area (Å²) in [5.74, 6) is -1.34. The third-order valence-electron chi connectivity index (χ3n) is 8.78. The van der Waals surface area contributed by atoms with Crippen LogP contribution in [0.4, 0.5) is 17.6 Å². The van der Waals surface area contributed by atoms with Crippen LogP contribution >= 0.6 is 0 Å². The lowest BCUT2D eigenvalue weighted by Gasteiger charge is -2.40. The van der Waals surface area contributed by atoms with E-state index in [1.54, 1.807) is 0 Å². The molecule has 1 aromatic rings. The molecule has 0 amide bonds. The smallest absolute Gasteiger partial charge is 0.400 e. The zero-order valence-electron chi connectivity index (χ0n) is 20.6. The largest absolute Gasteiger partial charge is 0.432 e. The van der Waals surface area contributed by atoms with Gasteiger partial charge in [-0.3, -0.25) is 0 Å². The van der Waals surface area contributed by atoms with E-state index in [9.17, 15) is 17.6 Å². The molecule has 4 rings (SSSR count). The number of rotatable bonds is 8. The minimum atomic E-state index is -3.43. The molecule has 0 N–H and O–H groups in total. The van der Waals surface area contributed by atoms with E-state index in [2.05, 4.69) is 6.92 Å². The first-order valence-corrected chi connectivity index (χ1v) is 13.4. The van der Waals surface area contributed by atoms with Crippen molar-refractivity contribution in [2.24, 2.45) is 23.7 Å². The molecule has 3 aliphatic rings. The summed E-state index contributed by atoms with van der Waals surface area (Å²) in [7, 11) is 0. The Morgan fingerprint density at radius 3 is 2.00 bits per heavy atom. The maximum Gasteiger partial charge on any atom is 0.400 e. The van der Waals surface area contributed by atoms with E-state index in [1.165, 1.54) is 64.7 Å². The predicted molar refractivity (Wildman–Crippen MR) is 125 cm³/mol. The maximum absolute atomic E-state index is 14.8. The van der Waals surface area contributed by atoms with Crippen LogP contribution < -0.4 is 4.74 Å². The normalized spacial score (nSPS) is 32.6. The van der Waals surface area contributed by atoms with Crippen molar-refractivity contribution in [2.75, 3.05) is 0 Å². The Morgan fingerprint density at radius 2 is 1.41 bits per heavy atom. The van der Waals surface area contributed by atoms with Gasteiger partial charge in [-0.05, 0) is 95.3 Å². The summed E-state index contributed by atoms with van der Waals surface area (Å²) in [5.41, 5.74) is -0.193. The monoisotopic (exact) mass is 484 g/mol. The van der Waals surface area contributed by atoms with E-state index >= 15 is 0 Å². The summed E-state index contributed by atoms with van der Waals surface area (Å²) in [6, 6.07) is 1.69. The molecule has 1 aromatic carbocycles. The van der Waals surface area contributed by atoms with Gasteiger partial charge in [0.05, 0.1) is 18.1 Å². The Balaban J connectivity index is 1.22. The zero-order valence-corrected chi connectivity index (χ0v) is 20.6. The number of hydrogen-bond donors (Lipinski definition) is 0. The summed E-state index contributed by atoms with van der Waals surface area (Å²) < 4.78 is 68.2. The number of unbranched alkanes of at least 4 members (excludes halogenated alkanes) is 1. The third kappa shape index (κ3) is 6.09. The predicted octanol–water partition coefficient (Wildman–Crippen LogP) is 8.60. The van der Waals surface area contributed by atoms with Crippen LogP contribution in [0.5, 0.6) is 5.75 Å². The second-order valence-corrected chi connectivity index (χ2v) is 11.0. The van der Waals surface area contributed by atoms with Gasteiger partial charge < -0.3 is 9.47 Å². The van der Waals surface area contributed by atoms with E-state index in [1.807, 2.05) is 0 Å². The van der Waals surface area contributed by atoms with Gasteiger partial charge in [0.15, 0.2) is 0 Å². The van der Waals surface area contributed by atoms with Crippen molar-refractivity contribution in [1.82, 2.24) is 0 Å². The van der Waals surface area contributed by atoms with E-state index in [4.69, 9.17) is 9.47 Å². The van der Waals surface area contributed by atoms with Crippen molar-refractivity contribution in [3.05, 3.63) is 29.3 Å². The molecule has 2 unspecified atom stereocenters. The minimum absolute atomic E-state index is 0.193. The van der Waals surface area contributed by atoms with E-state index in [0.29, 0.717) is 42.8 Å². The molecule has 3 fully saturated rings. The quantitative estimate of drug-likeness (QED) is 0.344. The molecule has 2 atom stereocenters. The highest BCUT2D eigenvalue weighted by Gasteiger charge is 2.45. The highest BCUT2D eigenvalue weighted by atomic mass is 19.3. The average Bonchev–Trinajstić information content (AvgIpc) is 3.30. The Bertz CT molecular complexity index is 775. The molecular formula is C28H40F4O2. The van der Waals surface area contributed by atoms with Crippen LogP contribution in [0.25, 0.3) is 0 Å². The van der Waals surface area contributed by atoms with Crippen molar-refractivity contribution in [2.45, 2.75) is 116 Å². The lowest BCUT2D eigenvalue weighted by molar-refractivity contribution is -0.224. The van der Waals surface area contributed by atoms with Crippen LogP contribution in [-0.4, -0.2) is 18.3 Å². The third-order valence-corrected chi connectivity index (χ3v) is 8.78. The molecule has 2 nitrogen and oxygen atoms in total. The number of benzene rings is 1. The Hall–Kier alpha value is -1.30. The van der Waals surface area contributed by atoms with Gasteiger partial charge in [-0.15, -0.1) is 0 Å². The SMILES string of the molecule is CCCCC1CCC(C2CCC(C3CCC(C(F)(F)Oc4cc(F)c(C)c(F)c4)CC3)CC2)O1. The molecule has 0 bridgehead atoms. The summed E-state index contributed by atoms with van der Waals surface area (Å²) >= 11 is 0. The van der Waals surface area contributed by atoms with Gasteiger partial charge in [0.2, 0.25) is 0 Å². The summed E-state index contributed by atoms with van der Waals surface area (Å²) in [4.78, 5) is 0. The summed E-state index contributed by atoms with van der Waals surface area (Å²) in [6.07, 6.45) is 10.6. The van der Waals surface area contributed by atoms with Crippen molar-refractivity contribution in [3.8, 4) is 5.75 Å². The number of alkyl halides is 2.